The standard InChI is InChI=1S/C22H18ClN3O2/c1-28-21-11-10-17(12-19(21)23)26-22(27)18-8-4-5-9-20(18)25-14-16-7-3-2-6-15(16)13-24/h2-12,25H,14H2,1H3,(H,26,27). The van der Waals surface area contributed by atoms with Gasteiger partial charge in [0.1, 0.15) is 5.75 Å². The Morgan fingerprint density at radius 2 is 1.86 bits per heavy atom. The number of anilines is 2. The zero-order valence-corrected chi connectivity index (χ0v) is 16.0. The molecule has 0 saturated heterocycles. The molecule has 28 heavy (non-hydrogen) atoms. The third kappa shape index (κ3) is 4.43. The van der Waals surface area contributed by atoms with Crippen molar-refractivity contribution in [3.8, 4) is 11.8 Å². The highest BCUT2D eigenvalue weighted by atomic mass is 35.5. The monoisotopic (exact) mass is 391 g/mol. The third-order valence-corrected chi connectivity index (χ3v) is 4.48. The number of nitrogens with zero attached hydrogens (tertiary/aromatic N) is 1. The number of para-hydroxylation sites is 1. The van der Waals surface area contributed by atoms with Crippen molar-refractivity contribution in [2.24, 2.45) is 0 Å². The normalized spacial score (nSPS) is 10.0. The highest BCUT2D eigenvalue weighted by Gasteiger charge is 2.12. The summed E-state index contributed by atoms with van der Waals surface area (Å²) < 4.78 is 5.12. The first-order chi connectivity index (χ1) is 13.6. The number of rotatable bonds is 6. The molecule has 0 fully saturated rings. The first kappa shape index (κ1) is 19.3. The Balaban J connectivity index is 1.77. The Bertz CT molecular complexity index is 1040. The van der Waals surface area contributed by atoms with Gasteiger partial charge in [0, 0.05) is 17.9 Å². The van der Waals surface area contributed by atoms with Crippen LogP contribution in [0.4, 0.5) is 11.4 Å². The van der Waals surface area contributed by atoms with Gasteiger partial charge >= 0.3 is 0 Å². The van der Waals surface area contributed by atoms with Crippen molar-refractivity contribution < 1.29 is 9.53 Å². The highest BCUT2D eigenvalue weighted by molar-refractivity contribution is 6.32. The van der Waals surface area contributed by atoms with Gasteiger partial charge in [-0.3, -0.25) is 4.79 Å². The number of ether oxygens (including phenoxy) is 1. The molecule has 2 N–H and O–H groups in total. The van der Waals surface area contributed by atoms with Crippen LogP contribution in [0.2, 0.25) is 5.02 Å². The largest absolute Gasteiger partial charge is 0.495 e. The summed E-state index contributed by atoms with van der Waals surface area (Å²) in [5.41, 5.74) is 3.20. The number of nitriles is 1. The van der Waals surface area contributed by atoms with E-state index in [1.54, 1.807) is 36.4 Å². The smallest absolute Gasteiger partial charge is 0.257 e. The molecule has 0 spiro atoms. The molecule has 3 aromatic rings. The summed E-state index contributed by atoms with van der Waals surface area (Å²) in [5, 5.41) is 15.7. The first-order valence-electron chi connectivity index (χ1n) is 8.58. The van der Waals surface area contributed by atoms with Gasteiger partial charge in [-0.15, -0.1) is 0 Å². The summed E-state index contributed by atoms with van der Waals surface area (Å²) in [6, 6.07) is 21.8. The second-order valence-electron chi connectivity index (χ2n) is 5.97. The number of methoxy groups -OCH3 is 1. The second kappa shape index (κ2) is 8.94. The van der Waals surface area contributed by atoms with E-state index in [0.717, 1.165) is 5.56 Å². The van der Waals surface area contributed by atoms with Gasteiger partial charge in [-0.2, -0.15) is 5.26 Å². The van der Waals surface area contributed by atoms with Crippen molar-refractivity contribution in [2.75, 3.05) is 17.7 Å². The average molecular weight is 392 g/mol. The Hall–Kier alpha value is -3.49. The molecule has 0 aromatic heterocycles. The molecule has 6 heteroatoms. The van der Waals surface area contributed by atoms with E-state index in [2.05, 4.69) is 16.7 Å². The maximum Gasteiger partial charge on any atom is 0.257 e. The van der Waals surface area contributed by atoms with E-state index in [-0.39, 0.29) is 5.91 Å². The predicted molar refractivity (Wildman–Crippen MR) is 111 cm³/mol. The lowest BCUT2D eigenvalue weighted by Gasteiger charge is -2.13. The minimum atomic E-state index is -0.266. The number of carbonyl (C=O) groups excluding carboxylic acids is 1. The molecule has 0 bridgehead atoms. The fourth-order valence-electron chi connectivity index (χ4n) is 2.75. The third-order valence-electron chi connectivity index (χ3n) is 4.19. The summed E-state index contributed by atoms with van der Waals surface area (Å²) in [7, 11) is 1.53. The summed E-state index contributed by atoms with van der Waals surface area (Å²) in [6.07, 6.45) is 0. The predicted octanol–water partition coefficient (Wildman–Crippen LogP) is 5.08. The quantitative estimate of drug-likeness (QED) is 0.614. The van der Waals surface area contributed by atoms with Gasteiger partial charge in [-0.1, -0.05) is 41.9 Å². The van der Waals surface area contributed by atoms with Crippen LogP contribution in [0.25, 0.3) is 0 Å². The van der Waals surface area contributed by atoms with Gasteiger partial charge in [-0.25, -0.2) is 0 Å². The van der Waals surface area contributed by atoms with E-state index >= 15 is 0 Å². The fraction of sp³-hybridized carbons (Fsp3) is 0.0909. The van der Waals surface area contributed by atoms with Crippen LogP contribution < -0.4 is 15.4 Å². The molecule has 0 atom stereocenters. The lowest BCUT2D eigenvalue weighted by atomic mass is 10.1. The zero-order valence-electron chi connectivity index (χ0n) is 15.2. The Morgan fingerprint density at radius 3 is 2.61 bits per heavy atom. The Labute approximate surface area is 168 Å². The van der Waals surface area contributed by atoms with Crippen molar-refractivity contribution in [1.82, 2.24) is 0 Å². The summed E-state index contributed by atoms with van der Waals surface area (Å²) in [6.45, 7) is 0.433. The SMILES string of the molecule is COc1ccc(NC(=O)c2ccccc2NCc2ccccc2C#N)cc1Cl. The summed E-state index contributed by atoms with van der Waals surface area (Å²) in [5.74, 6) is 0.274. The zero-order chi connectivity index (χ0) is 19.9. The molecule has 0 aliphatic heterocycles. The van der Waals surface area contributed by atoms with Crippen LogP contribution in [0, 0.1) is 11.3 Å². The second-order valence-corrected chi connectivity index (χ2v) is 6.38. The van der Waals surface area contributed by atoms with Crippen LogP contribution in [-0.4, -0.2) is 13.0 Å². The minimum absolute atomic E-state index is 0.266. The lowest BCUT2D eigenvalue weighted by Crippen LogP contribution is -2.15. The average Bonchev–Trinajstić information content (AvgIpc) is 2.72. The minimum Gasteiger partial charge on any atom is -0.495 e. The van der Waals surface area contributed by atoms with Crippen LogP contribution in [-0.2, 0) is 6.54 Å². The van der Waals surface area contributed by atoms with Crippen LogP contribution in [0.3, 0.4) is 0 Å². The lowest BCUT2D eigenvalue weighted by molar-refractivity contribution is 0.102. The van der Waals surface area contributed by atoms with Gasteiger partial charge in [-0.05, 0) is 42.0 Å². The van der Waals surface area contributed by atoms with Crippen molar-refractivity contribution in [2.45, 2.75) is 6.54 Å². The van der Waals surface area contributed by atoms with E-state index < -0.39 is 0 Å². The number of halogens is 1. The molecular formula is C22H18ClN3O2. The molecule has 0 heterocycles. The van der Waals surface area contributed by atoms with Crippen molar-refractivity contribution in [3.63, 3.8) is 0 Å². The molecule has 0 saturated carbocycles. The van der Waals surface area contributed by atoms with Crippen LogP contribution in [0.15, 0.2) is 66.7 Å². The van der Waals surface area contributed by atoms with Crippen LogP contribution in [0.5, 0.6) is 5.75 Å². The molecular weight excluding hydrogens is 374 g/mol. The van der Waals surface area contributed by atoms with Gasteiger partial charge in [0.05, 0.1) is 29.3 Å². The van der Waals surface area contributed by atoms with Crippen molar-refractivity contribution in [3.05, 3.63) is 88.4 Å². The maximum absolute atomic E-state index is 12.8. The molecule has 0 unspecified atom stereocenters. The van der Waals surface area contributed by atoms with E-state index in [1.165, 1.54) is 7.11 Å². The molecule has 0 radical (unpaired) electrons. The molecule has 0 aliphatic rings. The van der Waals surface area contributed by atoms with Crippen molar-refractivity contribution in [1.29, 1.82) is 5.26 Å². The molecule has 1 amide bonds. The summed E-state index contributed by atoms with van der Waals surface area (Å²) in [4.78, 5) is 12.8. The highest BCUT2D eigenvalue weighted by Crippen LogP contribution is 2.28. The van der Waals surface area contributed by atoms with Gasteiger partial charge in [0.25, 0.3) is 5.91 Å². The maximum atomic E-state index is 12.8. The van der Waals surface area contributed by atoms with Crippen LogP contribution in [0.1, 0.15) is 21.5 Å². The Morgan fingerprint density at radius 1 is 1.11 bits per heavy atom. The summed E-state index contributed by atoms with van der Waals surface area (Å²) >= 11 is 6.12. The molecule has 3 aromatic carbocycles. The van der Waals surface area contributed by atoms with E-state index in [1.807, 2.05) is 30.3 Å². The van der Waals surface area contributed by atoms with Crippen LogP contribution >= 0.6 is 11.6 Å². The topological polar surface area (TPSA) is 74.2 Å². The molecule has 3 rings (SSSR count). The first-order valence-corrected chi connectivity index (χ1v) is 8.96. The Kier molecular flexibility index (Phi) is 6.15. The number of nitrogens with one attached hydrogen (secondary N) is 2. The van der Waals surface area contributed by atoms with Gasteiger partial charge in [0.2, 0.25) is 0 Å². The van der Waals surface area contributed by atoms with Crippen molar-refractivity contribution >= 4 is 28.9 Å². The fourth-order valence-corrected chi connectivity index (χ4v) is 3.01. The number of benzene rings is 3. The van der Waals surface area contributed by atoms with Gasteiger partial charge < -0.3 is 15.4 Å². The number of hydrogen-bond donors (Lipinski definition) is 2. The molecule has 5 nitrogen and oxygen atoms in total. The number of carbonyl (C=O) groups is 1. The van der Waals surface area contributed by atoms with E-state index in [0.29, 0.717) is 39.8 Å². The van der Waals surface area contributed by atoms with E-state index in [4.69, 9.17) is 16.3 Å². The molecule has 140 valence electrons. The molecule has 0 aliphatic carbocycles. The van der Waals surface area contributed by atoms with E-state index in [9.17, 15) is 10.1 Å². The van der Waals surface area contributed by atoms with Gasteiger partial charge in [0.15, 0.2) is 0 Å². The number of amides is 1. The number of hydrogen-bond acceptors (Lipinski definition) is 4.